The SMILES string of the molecule is CCN1CCN(C[C@@H](O)CCc2ccccc2CN)C(=O)c2ccc(C(=O)N(C)CCc3ccc(F)cc3)cc21. The first-order chi connectivity index (χ1) is 19.3. The van der Waals surface area contributed by atoms with Crippen LogP contribution in [0.25, 0.3) is 0 Å². The number of nitrogens with zero attached hydrogens (tertiary/aromatic N) is 3. The number of aryl methyl sites for hydroxylation is 1. The Kier molecular flexibility index (Phi) is 9.90. The Morgan fingerprint density at radius 2 is 1.73 bits per heavy atom. The molecule has 0 radical (unpaired) electrons. The van der Waals surface area contributed by atoms with Gasteiger partial charge in [0.15, 0.2) is 0 Å². The molecule has 3 N–H and O–H groups in total. The van der Waals surface area contributed by atoms with Crippen LogP contribution in [0.1, 0.15) is 50.8 Å². The highest BCUT2D eigenvalue weighted by Crippen LogP contribution is 2.27. The summed E-state index contributed by atoms with van der Waals surface area (Å²) in [6, 6.07) is 19.5. The first-order valence-electron chi connectivity index (χ1n) is 13.9. The van der Waals surface area contributed by atoms with Gasteiger partial charge in [-0.3, -0.25) is 9.59 Å². The van der Waals surface area contributed by atoms with E-state index in [1.807, 2.05) is 31.2 Å². The zero-order valence-corrected chi connectivity index (χ0v) is 23.4. The summed E-state index contributed by atoms with van der Waals surface area (Å²) in [5.74, 6) is -0.562. The van der Waals surface area contributed by atoms with Crippen molar-refractivity contribution < 1.29 is 19.1 Å². The third-order valence-corrected chi connectivity index (χ3v) is 7.64. The minimum absolute atomic E-state index is 0.136. The Bertz CT molecular complexity index is 1310. The van der Waals surface area contributed by atoms with Crippen molar-refractivity contribution in [3.05, 3.63) is 100 Å². The first-order valence-corrected chi connectivity index (χ1v) is 13.9. The van der Waals surface area contributed by atoms with E-state index in [0.717, 1.165) is 22.4 Å². The summed E-state index contributed by atoms with van der Waals surface area (Å²) in [5.41, 5.74) is 10.8. The molecule has 8 heteroatoms. The molecule has 0 unspecified atom stereocenters. The maximum Gasteiger partial charge on any atom is 0.256 e. The number of anilines is 1. The molecule has 7 nitrogen and oxygen atoms in total. The maximum absolute atomic E-state index is 13.6. The number of hydrogen-bond acceptors (Lipinski definition) is 5. The maximum atomic E-state index is 13.6. The van der Waals surface area contributed by atoms with E-state index in [0.29, 0.717) is 63.1 Å². The molecule has 2 amide bonds. The molecule has 40 heavy (non-hydrogen) atoms. The molecule has 0 spiro atoms. The Morgan fingerprint density at radius 3 is 2.42 bits per heavy atom. The molecule has 0 saturated carbocycles. The number of benzene rings is 3. The van der Waals surface area contributed by atoms with E-state index in [1.165, 1.54) is 12.1 Å². The monoisotopic (exact) mass is 546 g/mol. The standard InChI is InChI=1S/C32H39FN4O3/c1-3-36-18-19-37(22-28(38)14-10-24-6-4-5-7-26(24)21-34)32(40)29-15-11-25(20-30(29)36)31(39)35(2)17-16-23-8-12-27(33)13-9-23/h4-9,11-13,15,20,28,38H,3,10,14,16-19,21-22,34H2,1-2H3/t28-/m0/s1. The number of likely N-dealkylation sites (N-methyl/N-ethyl adjacent to an activating group) is 2. The van der Waals surface area contributed by atoms with Gasteiger partial charge in [-0.1, -0.05) is 36.4 Å². The lowest BCUT2D eigenvalue weighted by molar-refractivity contribution is 0.0623. The van der Waals surface area contributed by atoms with E-state index < -0.39 is 6.10 Å². The summed E-state index contributed by atoms with van der Waals surface area (Å²) in [7, 11) is 1.75. The smallest absolute Gasteiger partial charge is 0.256 e. The van der Waals surface area contributed by atoms with E-state index in [9.17, 15) is 19.1 Å². The van der Waals surface area contributed by atoms with E-state index in [2.05, 4.69) is 4.90 Å². The summed E-state index contributed by atoms with van der Waals surface area (Å²) in [4.78, 5) is 32.2. The van der Waals surface area contributed by atoms with E-state index in [4.69, 9.17) is 5.73 Å². The second-order valence-electron chi connectivity index (χ2n) is 10.3. The van der Waals surface area contributed by atoms with Crippen LogP contribution < -0.4 is 10.6 Å². The van der Waals surface area contributed by atoms with Crippen molar-refractivity contribution in [2.45, 2.75) is 38.8 Å². The van der Waals surface area contributed by atoms with Gasteiger partial charge in [0.1, 0.15) is 5.82 Å². The molecular formula is C32H39FN4O3. The average Bonchev–Trinajstić information content (AvgIpc) is 3.10. The zero-order valence-electron chi connectivity index (χ0n) is 23.4. The molecule has 0 fully saturated rings. The van der Waals surface area contributed by atoms with Crippen LogP contribution in [0.3, 0.4) is 0 Å². The number of carbonyl (C=O) groups is 2. The van der Waals surface area contributed by atoms with Gasteiger partial charge in [-0.15, -0.1) is 0 Å². The molecule has 1 heterocycles. The molecule has 0 bridgehead atoms. The lowest BCUT2D eigenvalue weighted by Gasteiger charge is -2.25. The van der Waals surface area contributed by atoms with Gasteiger partial charge in [0.25, 0.3) is 11.8 Å². The number of aliphatic hydroxyl groups is 1. The van der Waals surface area contributed by atoms with Crippen LogP contribution >= 0.6 is 0 Å². The number of aliphatic hydroxyl groups excluding tert-OH is 1. The molecule has 4 rings (SSSR count). The van der Waals surface area contributed by atoms with Crippen LogP contribution in [-0.2, 0) is 19.4 Å². The molecule has 0 aliphatic carbocycles. The first kappa shape index (κ1) is 29.2. The van der Waals surface area contributed by atoms with Gasteiger partial charge in [0.05, 0.1) is 17.4 Å². The number of nitrogens with two attached hydrogens (primary N) is 1. The Hall–Kier alpha value is -3.75. The van der Waals surface area contributed by atoms with Gasteiger partial charge in [0, 0.05) is 51.9 Å². The number of fused-ring (bicyclic) bond motifs is 1. The van der Waals surface area contributed by atoms with Gasteiger partial charge in [-0.25, -0.2) is 4.39 Å². The van der Waals surface area contributed by atoms with Gasteiger partial charge in [-0.05, 0) is 73.2 Å². The van der Waals surface area contributed by atoms with E-state index in [-0.39, 0.29) is 24.2 Å². The number of β-amino-alcohol motifs (C(OH)–C–C–N with tert-alkyl or cyclic N) is 1. The normalized spacial score (nSPS) is 14.1. The highest BCUT2D eigenvalue weighted by atomic mass is 19.1. The lowest BCUT2D eigenvalue weighted by Crippen LogP contribution is -2.39. The molecule has 3 aromatic rings. The van der Waals surface area contributed by atoms with Gasteiger partial charge >= 0.3 is 0 Å². The predicted octanol–water partition coefficient (Wildman–Crippen LogP) is 3.87. The summed E-state index contributed by atoms with van der Waals surface area (Å²) in [6.07, 6.45) is 1.17. The third kappa shape index (κ3) is 7.06. The average molecular weight is 547 g/mol. The molecule has 1 aliphatic rings. The number of carbonyl (C=O) groups excluding carboxylic acids is 2. The van der Waals surface area contributed by atoms with E-state index >= 15 is 0 Å². The van der Waals surface area contributed by atoms with Crippen molar-refractivity contribution >= 4 is 17.5 Å². The fraction of sp³-hybridized carbons (Fsp3) is 0.375. The number of amides is 2. The van der Waals surface area contributed by atoms with Crippen molar-refractivity contribution in [3.8, 4) is 0 Å². The predicted molar refractivity (Wildman–Crippen MR) is 156 cm³/mol. The third-order valence-electron chi connectivity index (χ3n) is 7.64. The van der Waals surface area contributed by atoms with Crippen molar-refractivity contribution in [1.29, 1.82) is 0 Å². The van der Waals surface area contributed by atoms with Crippen molar-refractivity contribution in [2.24, 2.45) is 5.73 Å². The number of rotatable bonds is 11. The molecule has 3 aromatic carbocycles. The van der Waals surface area contributed by atoms with Crippen LogP contribution in [0.2, 0.25) is 0 Å². The molecule has 1 aliphatic heterocycles. The lowest BCUT2D eigenvalue weighted by atomic mass is 10.0. The second-order valence-corrected chi connectivity index (χ2v) is 10.3. The second kappa shape index (κ2) is 13.5. The summed E-state index contributed by atoms with van der Waals surface area (Å²) in [6.45, 7) is 4.98. The van der Waals surface area contributed by atoms with Crippen molar-refractivity contribution in [1.82, 2.24) is 9.80 Å². The molecule has 1 atom stereocenters. The molecule has 0 aromatic heterocycles. The topological polar surface area (TPSA) is 90.1 Å². The summed E-state index contributed by atoms with van der Waals surface area (Å²) < 4.78 is 13.2. The molecular weight excluding hydrogens is 507 g/mol. The minimum atomic E-state index is -0.665. The van der Waals surface area contributed by atoms with Gasteiger partial charge in [0.2, 0.25) is 0 Å². The van der Waals surface area contributed by atoms with E-state index in [1.54, 1.807) is 47.2 Å². The van der Waals surface area contributed by atoms with Gasteiger partial charge < -0.3 is 25.5 Å². The van der Waals surface area contributed by atoms with Gasteiger partial charge in [-0.2, -0.15) is 0 Å². The van der Waals surface area contributed by atoms with Crippen LogP contribution in [0.5, 0.6) is 0 Å². The summed E-state index contributed by atoms with van der Waals surface area (Å²) >= 11 is 0. The number of hydrogen-bond donors (Lipinski definition) is 2. The fourth-order valence-corrected chi connectivity index (χ4v) is 5.18. The zero-order chi connectivity index (χ0) is 28.6. The van der Waals surface area contributed by atoms with Crippen molar-refractivity contribution in [3.63, 3.8) is 0 Å². The summed E-state index contributed by atoms with van der Waals surface area (Å²) in [5, 5.41) is 10.8. The molecule has 212 valence electrons. The van der Waals surface area contributed by atoms with Crippen LogP contribution in [0, 0.1) is 5.82 Å². The highest BCUT2D eigenvalue weighted by Gasteiger charge is 2.28. The fourth-order valence-electron chi connectivity index (χ4n) is 5.18. The minimum Gasteiger partial charge on any atom is -0.391 e. The van der Waals surface area contributed by atoms with Crippen LogP contribution in [-0.4, -0.2) is 72.6 Å². The largest absolute Gasteiger partial charge is 0.391 e. The highest BCUT2D eigenvalue weighted by molar-refractivity contribution is 6.03. The van der Waals surface area contributed by atoms with Crippen molar-refractivity contribution in [2.75, 3.05) is 44.7 Å². The Morgan fingerprint density at radius 1 is 1.02 bits per heavy atom. The molecule has 0 saturated heterocycles. The number of halogens is 1. The van der Waals surface area contributed by atoms with Crippen LogP contribution in [0.15, 0.2) is 66.7 Å². The van der Waals surface area contributed by atoms with Crippen LogP contribution in [0.4, 0.5) is 10.1 Å². The Labute approximate surface area is 236 Å². The Balaban J connectivity index is 1.43. The quantitative estimate of drug-likeness (QED) is 0.381.